The van der Waals surface area contributed by atoms with Gasteiger partial charge in [0.2, 0.25) is 0 Å². The molecule has 0 saturated carbocycles. The first-order valence-electron chi connectivity index (χ1n) is 3.96. The monoisotopic (exact) mass is 170 g/mol. The van der Waals surface area contributed by atoms with Crippen LogP contribution in [0.25, 0.3) is 0 Å². The largest absolute Gasteiger partial charge is 0.387 e. The van der Waals surface area contributed by atoms with E-state index in [1.165, 1.54) is 4.57 Å². The van der Waals surface area contributed by atoms with Crippen LogP contribution in [0.2, 0.25) is 0 Å². The predicted molar refractivity (Wildman–Crippen MR) is 45.8 cm³/mol. The zero-order valence-electron chi connectivity index (χ0n) is 7.53. The van der Waals surface area contributed by atoms with Crippen LogP contribution in [0.3, 0.4) is 0 Å². The van der Waals surface area contributed by atoms with Crippen LogP contribution in [0.1, 0.15) is 25.6 Å². The van der Waals surface area contributed by atoms with E-state index < -0.39 is 6.10 Å². The highest BCUT2D eigenvalue weighted by molar-refractivity contribution is 5.01. The van der Waals surface area contributed by atoms with Crippen molar-refractivity contribution in [3.8, 4) is 0 Å². The van der Waals surface area contributed by atoms with Gasteiger partial charge in [0, 0.05) is 13.2 Å². The van der Waals surface area contributed by atoms with E-state index in [0.29, 0.717) is 5.69 Å². The summed E-state index contributed by atoms with van der Waals surface area (Å²) in [6, 6.07) is 0. The number of aliphatic hydroxyl groups excluding tert-OH is 1. The van der Waals surface area contributed by atoms with Gasteiger partial charge in [-0.05, 0) is 5.92 Å². The number of aromatic nitrogens is 2. The molecule has 0 aliphatic heterocycles. The molecule has 0 radical (unpaired) electrons. The first-order valence-corrected chi connectivity index (χ1v) is 3.96. The fraction of sp³-hybridized carbons (Fsp3) is 0.625. The Hall–Kier alpha value is -1.03. The molecule has 4 heteroatoms. The summed E-state index contributed by atoms with van der Waals surface area (Å²) < 4.78 is 1.42. The van der Waals surface area contributed by atoms with Crippen LogP contribution in [-0.4, -0.2) is 14.7 Å². The third kappa shape index (κ3) is 1.58. The number of rotatable bonds is 2. The second-order valence-corrected chi connectivity index (χ2v) is 3.31. The standard InChI is InChI=1S/C8H14N2O2/c1-5(2)7(11)6-4-10(3)8(12)9-6/h4-5,7,11H,1-3H3,(H,9,12). The van der Waals surface area contributed by atoms with Gasteiger partial charge in [0.15, 0.2) is 0 Å². The van der Waals surface area contributed by atoms with Crippen LogP contribution in [0.5, 0.6) is 0 Å². The summed E-state index contributed by atoms with van der Waals surface area (Å²) in [5.41, 5.74) is 0.391. The molecular weight excluding hydrogens is 156 g/mol. The van der Waals surface area contributed by atoms with Crippen molar-refractivity contribution in [2.75, 3.05) is 0 Å². The first kappa shape index (κ1) is 9.06. The van der Waals surface area contributed by atoms with Crippen LogP contribution in [0.15, 0.2) is 11.0 Å². The lowest BCUT2D eigenvalue weighted by molar-refractivity contribution is 0.123. The fourth-order valence-corrected chi connectivity index (χ4v) is 1.02. The van der Waals surface area contributed by atoms with Gasteiger partial charge in [-0.2, -0.15) is 0 Å². The minimum atomic E-state index is -0.584. The van der Waals surface area contributed by atoms with E-state index in [1.54, 1.807) is 13.2 Å². The molecule has 1 heterocycles. The van der Waals surface area contributed by atoms with Crippen LogP contribution >= 0.6 is 0 Å². The summed E-state index contributed by atoms with van der Waals surface area (Å²) >= 11 is 0. The molecule has 0 bridgehead atoms. The van der Waals surface area contributed by atoms with E-state index >= 15 is 0 Å². The van der Waals surface area contributed by atoms with E-state index in [0.717, 1.165) is 0 Å². The van der Waals surface area contributed by atoms with Crippen molar-refractivity contribution in [2.24, 2.45) is 13.0 Å². The number of imidazole rings is 1. The van der Waals surface area contributed by atoms with Crippen LogP contribution < -0.4 is 5.69 Å². The van der Waals surface area contributed by atoms with E-state index in [2.05, 4.69) is 4.98 Å². The Morgan fingerprint density at radius 2 is 2.17 bits per heavy atom. The summed E-state index contributed by atoms with van der Waals surface area (Å²) in [7, 11) is 1.65. The molecule has 1 unspecified atom stereocenters. The highest BCUT2D eigenvalue weighted by Gasteiger charge is 2.14. The highest BCUT2D eigenvalue weighted by atomic mass is 16.3. The zero-order valence-corrected chi connectivity index (χ0v) is 7.53. The zero-order chi connectivity index (χ0) is 9.30. The number of nitrogens with one attached hydrogen (secondary N) is 1. The number of H-pyrrole nitrogens is 1. The third-order valence-electron chi connectivity index (χ3n) is 1.85. The van der Waals surface area contributed by atoms with Crippen molar-refractivity contribution >= 4 is 0 Å². The molecule has 0 aliphatic rings. The maximum absolute atomic E-state index is 11.0. The van der Waals surface area contributed by atoms with Gasteiger partial charge in [0.25, 0.3) is 0 Å². The Balaban J connectivity index is 2.96. The summed E-state index contributed by atoms with van der Waals surface area (Å²) in [5.74, 6) is 0.114. The average Bonchev–Trinajstić information content (AvgIpc) is 2.30. The van der Waals surface area contributed by atoms with Gasteiger partial charge in [-0.3, -0.25) is 0 Å². The molecule has 1 aromatic rings. The molecule has 2 N–H and O–H groups in total. The Bertz CT molecular complexity index is 311. The number of nitrogens with zero attached hydrogens (tertiary/aromatic N) is 1. The smallest absolute Gasteiger partial charge is 0.325 e. The lowest BCUT2D eigenvalue weighted by atomic mass is 10.1. The van der Waals surface area contributed by atoms with Crippen molar-refractivity contribution in [2.45, 2.75) is 20.0 Å². The molecular formula is C8H14N2O2. The molecule has 1 rings (SSSR count). The topological polar surface area (TPSA) is 58.0 Å². The molecule has 1 atom stereocenters. The molecule has 0 spiro atoms. The van der Waals surface area contributed by atoms with E-state index in [-0.39, 0.29) is 11.6 Å². The minimum absolute atomic E-state index is 0.114. The Morgan fingerprint density at radius 3 is 2.50 bits per heavy atom. The molecule has 0 amide bonds. The molecule has 12 heavy (non-hydrogen) atoms. The van der Waals surface area contributed by atoms with Crippen molar-refractivity contribution < 1.29 is 5.11 Å². The maximum atomic E-state index is 11.0. The molecule has 0 aromatic carbocycles. The average molecular weight is 170 g/mol. The molecule has 1 aromatic heterocycles. The van der Waals surface area contributed by atoms with E-state index in [9.17, 15) is 9.90 Å². The number of aryl methyl sites for hydroxylation is 1. The minimum Gasteiger partial charge on any atom is -0.387 e. The second kappa shape index (κ2) is 3.15. The van der Waals surface area contributed by atoms with Gasteiger partial charge < -0.3 is 14.7 Å². The van der Waals surface area contributed by atoms with E-state index in [1.807, 2.05) is 13.8 Å². The maximum Gasteiger partial charge on any atom is 0.325 e. The quantitative estimate of drug-likeness (QED) is 0.675. The molecule has 4 nitrogen and oxygen atoms in total. The van der Waals surface area contributed by atoms with Crippen LogP contribution in [0.4, 0.5) is 0 Å². The Labute approximate surface area is 70.9 Å². The number of aromatic amines is 1. The van der Waals surface area contributed by atoms with Crippen molar-refractivity contribution in [1.82, 2.24) is 9.55 Å². The Kier molecular flexibility index (Phi) is 2.38. The number of hydrogen-bond donors (Lipinski definition) is 2. The first-order chi connectivity index (χ1) is 5.52. The molecule has 0 saturated heterocycles. The molecule has 0 fully saturated rings. The van der Waals surface area contributed by atoms with Crippen molar-refractivity contribution in [3.05, 3.63) is 22.4 Å². The second-order valence-electron chi connectivity index (χ2n) is 3.31. The number of hydrogen-bond acceptors (Lipinski definition) is 2. The normalized spacial score (nSPS) is 13.8. The van der Waals surface area contributed by atoms with Gasteiger partial charge in [-0.1, -0.05) is 13.8 Å². The molecule has 68 valence electrons. The highest BCUT2D eigenvalue weighted by Crippen LogP contribution is 2.17. The third-order valence-corrected chi connectivity index (χ3v) is 1.85. The summed E-state index contributed by atoms with van der Waals surface area (Å²) in [6.45, 7) is 3.80. The lowest BCUT2D eigenvalue weighted by Crippen LogP contribution is -2.12. The van der Waals surface area contributed by atoms with Crippen LogP contribution in [-0.2, 0) is 7.05 Å². The number of aliphatic hydroxyl groups is 1. The van der Waals surface area contributed by atoms with Gasteiger partial charge in [-0.15, -0.1) is 0 Å². The van der Waals surface area contributed by atoms with Gasteiger partial charge in [0.05, 0.1) is 11.8 Å². The molecule has 0 aliphatic carbocycles. The SMILES string of the molecule is CC(C)C(O)c1cn(C)c(=O)[nH]1. The van der Waals surface area contributed by atoms with Crippen molar-refractivity contribution in [3.63, 3.8) is 0 Å². The fourth-order valence-electron chi connectivity index (χ4n) is 1.02. The van der Waals surface area contributed by atoms with Gasteiger partial charge in [0.1, 0.15) is 0 Å². The van der Waals surface area contributed by atoms with E-state index in [4.69, 9.17) is 0 Å². The van der Waals surface area contributed by atoms with Crippen LogP contribution in [0, 0.1) is 5.92 Å². The van der Waals surface area contributed by atoms with Crippen molar-refractivity contribution in [1.29, 1.82) is 0 Å². The Morgan fingerprint density at radius 1 is 1.58 bits per heavy atom. The predicted octanol–water partition coefficient (Wildman–Crippen LogP) is 0.403. The summed E-state index contributed by atoms with van der Waals surface area (Å²) in [5, 5.41) is 9.55. The van der Waals surface area contributed by atoms with Gasteiger partial charge >= 0.3 is 5.69 Å². The van der Waals surface area contributed by atoms with Gasteiger partial charge in [-0.25, -0.2) is 4.79 Å². The summed E-state index contributed by atoms with van der Waals surface area (Å²) in [4.78, 5) is 13.5. The summed E-state index contributed by atoms with van der Waals surface area (Å²) in [6.07, 6.45) is 1.03. The lowest BCUT2D eigenvalue weighted by Gasteiger charge is -2.11.